The van der Waals surface area contributed by atoms with Crippen LogP contribution < -0.4 is 20.4 Å². The Hall–Kier alpha value is -3.98. The van der Waals surface area contributed by atoms with Crippen LogP contribution >= 0.6 is 22.7 Å². The average molecular weight is 729 g/mol. The van der Waals surface area contributed by atoms with Gasteiger partial charge in [0.25, 0.3) is 0 Å². The van der Waals surface area contributed by atoms with E-state index in [-0.39, 0.29) is 11.8 Å². The largest absolute Gasteiger partial charge is 0.369 e. The van der Waals surface area contributed by atoms with Gasteiger partial charge in [-0.1, -0.05) is 53.4 Å². The molecule has 14 heteroatoms. The van der Waals surface area contributed by atoms with E-state index >= 15 is 0 Å². The van der Waals surface area contributed by atoms with Gasteiger partial charge in [0.15, 0.2) is 0 Å². The van der Waals surface area contributed by atoms with Crippen molar-refractivity contribution in [3.8, 4) is 0 Å². The Morgan fingerprint density at radius 3 is 1.84 bits per heavy atom. The fourth-order valence-corrected chi connectivity index (χ4v) is 9.11. The Morgan fingerprint density at radius 2 is 1.25 bits per heavy atom. The molecule has 51 heavy (non-hydrogen) atoms. The molecule has 0 bridgehead atoms. The lowest BCUT2D eigenvalue weighted by molar-refractivity contribution is -0.116. The van der Waals surface area contributed by atoms with E-state index < -0.39 is 0 Å². The summed E-state index contributed by atoms with van der Waals surface area (Å²) in [5.41, 5.74) is 4.33. The maximum atomic E-state index is 13.0. The van der Waals surface area contributed by atoms with E-state index in [1.807, 2.05) is 24.3 Å². The maximum absolute atomic E-state index is 13.0. The van der Waals surface area contributed by atoms with Crippen molar-refractivity contribution < 1.29 is 9.59 Å². The van der Waals surface area contributed by atoms with E-state index in [1.165, 1.54) is 34.0 Å². The fraction of sp³-hybridized carbons (Fsp3) is 0.514. The number of amides is 2. The molecule has 270 valence electrons. The molecule has 2 aliphatic heterocycles. The third kappa shape index (κ3) is 9.67. The monoisotopic (exact) mass is 728 g/mol. The minimum atomic E-state index is -0.0794. The summed E-state index contributed by atoms with van der Waals surface area (Å²) >= 11 is 2.95. The number of hydrogen-bond acceptors (Lipinski definition) is 12. The Kier molecular flexibility index (Phi) is 11.5. The van der Waals surface area contributed by atoms with Gasteiger partial charge in [0, 0.05) is 76.1 Å². The standard InChI is InChI=1S/C37H48N10O2S2/c1-44-12-16-46(17-13-44)30-10-4-7-27(21-30)23-32(48)38-36-42-40-34(50-36)25-26-6-3-9-29(20-26)35-41-43-37(51-35)39-33(49)24-28-8-5-11-31(22-28)47-18-14-45(2)15-19-47/h4-5,7-8,10-11,21-22,26,29H,3,6,9,12-20,23-25H2,1-2H3,(H,38,42,48)(H,39,43,49). The van der Waals surface area contributed by atoms with Crippen molar-refractivity contribution in [2.45, 2.75) is 50.9 Å². The van der Waals surface area contributed by atoms with Crippen LogP contribution in [0.1, 0.15) is 52.7 Å². The van der Waals surface area contributed by atoms with E-state index in [2.05, 4.69) is 89.0 Å². The quantitative estimate of drug-likeness (QED) is 0.223. The lowest BCUT2D eigenvalue weighted by Crippen LogP contribution is -2.44. The number of nitrogens with one attached hydrogen (secondary N) is 2. The highest BCUT2D eigenvalue weighted by molar-refractivity contribution is 7.15. The van der Waals surface area contributed by atoms with Gasteiger partial charge in [-0.15, -0.1) is 20.4 Å². The SMILES string of the molecule is CN1CCN(c2cccc(CC(=O)Nc3nnc(CC4CCCC(c5nnc(NC(=O)Cc6cccc(N7CCN(C)CC7)c6)s5)C4)s3)c2)CC1. The van der Waals surface area contributed by atoms with Gasteiger partial charge in [-0.25, -0.2) is 0 Å². The van der Waals surface area contributed by atoms with E-state index in [0.29, 0.717) is 34.9 Å². The highest BCUT2D eigenvalue weighted by Crippen LogP contribution is 2.40. The van der Waals surface area contributed by atoms with Crippen LogP contribution in [0.3, 0.4) is 0 Å². The molecule has 4 heterocycles. The number of piperazine rings is 2. The minimum Gasteiger partial charge on any atom is -0.369 e. The second-order valence-corrected chi connectivity index (χ2v) is 16.3. The van der Waals surface area contributed by atoms with Gasteiger partial charge in [-0.2, -0.15) is 0 Å². The summed E-state index contributed by atoms with van der Waals surface area (Å²) in [6.07, 6.45) is 5.71. The number of hydrogen-bond donors (Lipinski definition) is 2. The Bertz CT molecular complexity index is 1780. The molecule has 3 aliphatic rings. The Balaban J connectivity index is 0.870. The van der Waals surface area contributed by atoms with Crippen LogP contribution in [0.25, 0.3) is 0 Å². The van der Waals surface area contributed by atoms with E-state index in [1.54, 1.807) is 0 Å². The van der Waals surface area contributed by atoms with E-state index in [4.69, 9.17) is 0 Å². The second kappa shape index (κ2) is 16.6. The Morgan fingerprint density at radius 1 is 0.706 bits per heavy atom. The molecule has 2 aromatic carbocycles. The predicted molar refractivity (Wildman–Crippen MR) is 205 cm³/mol. The summed E-state index contributed by atoms with van der Waals surface area (Å²) in [6.45, 7) is 8.16. The summed E-state index contributed by atoms with van der Waals surface area (Å²) in [7, 11) is 4.30. The molecule has 3 fully saturated rings. The zero-order valence-corrected chi connectivity index (χ0v) is 31.2. The molecule has 0 spiro atoms. The van der Waals surface area contributed by atoms with Crippen LogP contribution in [0, 0.1) is 5.92 Å². The van der Waals surface area contributed by atoms with Crippen molar-refractivity contribution in [2.75, 3.05) is 86.9 Å². The number of rotatable bonds is 11. The normalized spacial score (nSPS) is 20.4. The van der Waals surface area contributed by atoms with Gasteiger partial charge < -0.3 is 30.2 Å². The molecule has 2 N–H and O–H groups in total. The highest BCUT2D eigenvalue weighted by atomic mass is 32.1. The molecule has 2 amide bonds. The van der Waals surface area contributed by atoms with Crippen molar-refractivity contribution in [1.29, 1.82) is 0 Å². The molecular weight excluding hydrogens is 681 g/mol. The summed E-state index contributed by atoms with van der Waals surface area (Å²) in [5, 5.41) is 26.5. The summed E-state index contributed by atoms with van der Waals surface area (Å²) in [6, 6.07) is 16.6. The van der Waals surface area contributed by atoms with Crippen molar-refractivity contribution in [3.05, 3.63) is 69.7 Å². The van der Waals surface area contributed by atoms with Crippen molar-refractivity contribution in [2.24, 2.45) is 5.92 Å². The molecule has 0 radical (unpaired) electrons. The van der Waals surface area contributed by atoms with Crippen LogP contribution in [-0.2, 0) is 28.9 Å². The second-order valence-electron chi connectivity index (χ2n) is 14.3. The smallest absolute Gasteiger partial charge is 0.230 e. The number of carbonyl (C=O) groups excluding carboxylic acids is 2. The Labute approximate surface area is 308 Å². The number of aromatic nitrogens is 4. The molecule has 4 aromatic rings. The molecule has 2 aromatic heterocycles. The van der Waals surface area contributed by atoms with Gasteiger partial charge in [-0.3, -0.25) is 9.59 Å². The molecule has 1 aliphatic carbocycles. The van der Waals surface area contributed by atoms with Gasteiger partial charge in [0.2, 0.25) is 22.1 Å². The van der Waals surface area contributed by atoms with Gasteiger partial charge in [0.1, 0.15) is 10.0 Å². The highest BCUT2D eigenvalue weighted by Gasteiger charge is 2.28. The topological polar surface area (TPSA) is 123 Å². The molecular formula is C37H48N10O2S2. The predicted octanol–water partition coefficient (Wildman–Crippen LogP) is 4.77. The molecule has 1 saturated carbocycles. The van der Waals surface area contributed by atoms with Crippen molar-refractivity contribution in [1.82, 2.24) is 30.2 Å². The number of benzene rings is 2. The first kappa shape index (κ1) is 35.4. The average Bonchev–Trinajstić information content (AvgIpc) is 3.78. The molecule has 2 unspecified atom stereocenters. The number of anilines is 4. The first-order valence-corrected chi connectivity index (χ1v) is 19.8. The zero-order chi connectivity index (χ0) is 35.2. The molecule has 12 nitrogen and oxygen atoms in total. The molecule has 2 saturated heterocycles. The molecule has 7 rings (SSSR count). The van der Waals surface area contributed by atoms with Crippen LogP contribution in [0.15, 0.2) is 48.5 Å². The summed E-state index contributed by atoms with van der Waals surface area (Å²) in [5.74, 6) is 0.602. The van der Waals surface area contributed by atoms with Crippen LogP contribution in [0.4, 0.5) is 21.6 Å². The van der Waals surface area contributed by atoms with Gasteiger partial charge in [0.05, 0.1) is 12.8 Å². The van der Waals surface area contributed by atoms with E-state index in [0.717, 1.165) is 106 Å². The first-order chi connectivity index (χ1) is 24.8. The maximum Gasteiger partial charge on any atom is 0.230 e. The lowest BCUT2D eigenvalue weighted by Gasteiger charge is -2.34. The summed E-state index contributed by atoms with van der Waals surface area (Å²) in [4.78, 5) is 35.3. The molecule has 2 atom stereocenters. The zero-order valence-electron chi connectivity index (χ0n) is 29.6. The van der Waals surface area contributed by atoms with Crippen LogP contribution in [0.2, 0.25) is 0 Å². The minimum absolute atomic E-state index is 0.0758. The van der Waals surface area contributed by atoms with Gasteiger partial charge >= 0.3 is 0 Å². The number of likely N-dealkylation sites (N-methyl/N-ethyl adjacent to an activating group) is 2. The number of nitrogens with zero attached hydrogens (tertiary/aromatic N) is 8. The van der Waals surface area contributed by atoms with Crippen molar-refractivity contribution >= 4 is 56.1 Å². The third-order valence-corrected chi connectivity index (χ3v) is 12.1. The van der Waals surface area contributed by atoms with Crippen LogP contribution in [-0.4, -0.2) is 108 Å². The first-order valence-electron chi connectivity index (χ1n) is 18.1. The lowest BCUT2D eigenvalue weighted by atomic mass is 9.80. The third-order valence-electron chi connectivity index (χ3n) is 10.3. The van der Waals surface area contributed by atoms with Crippen molar-refractivity contribution in [3.63, 3.8) is 0 Å². The van der Waals surface area contributed by atoms with Gasteiger partial charge in [-0.05, 0) is 74.7 Å². The summed E-state index contributed by atoms with van der Waals surface area (Å²) < 4.78 is 0. The number of carbonyl (C=O) groups is 2. The fourth-order valence-electron chi connectivity index (χ4n) is 7.34. The van der Waals surface area contributed by atoms with E-state index in [9.17, 15) is 9.59 Å². The van der Waals surface area contributed by atoms with Crippen LogP contribution in [0.5, 0.6) is 0 Å².